The molecule has 2 aromatic rings. The van der Waals surface area contributed by atoms with Gasteiger partial charge in [-0.1, -0.05) is 17.2 Å². The van der Waals surface area contributed by atoms with Gasteiger partial charge in [-0.15, -0.1) is 0 Å². The summed E-state index contributed by atoms with van der Waals surface area (Å²) in [6.07, 6.45) is 0. The molecule has 0 atom stereocenters. The van der Waals surface area contributed by atoms with Crippen LogP contribution in [-0.4, -0.2) is 26.2 Å². The number of azide groups is 1. The minimum Gasteiger partial charge on any atom is -0.399 e. The van der Waals surface area contributed by atoms with E-state index in [9.17, 15) is 0 Å². The Bertz CT molecular complexity index is 758. The summed E-state index contributed by atoms with van der Waals surface area (Å²) in [7, 11) is 0. The molecule has 2 aromatic carbocycles. The average molecular weight is 420 g/mol. The van der Waals surface area contributed by atoms with Gasteiger partial charge in [0.2, 0.25) is 0 Å². The number of hydrogen-bond acceptors (Lipinski definition) is 4. The minimum absolute atomic E-state index is 0. The molecule has 9 nitrogen and oxygen atoms in total. The molecule has 10 heteroatoms. The van der Waals surface area contributed by atoms with Crippen molar-refractivity contribution in [2.24, 2.45) is 5.11 Å². The number of nitrogen functional groups attached to an aromatic ring is 1. The predicted molar refractivity (Wildman–Crippen MR) is 123 cm³/mol. The van der Waals surface area contributed by atoms with E-state index in [1.165, 1.54) is 10.6 Å². The van der Waals surface area contributed by atoms with E-state index in [-0.39, 0.29) is 29.6 Å². The Kier molecular flexibility index (Phi) is 18.3. The fraction of sp³-hybridized carbons (Fsp3) is 0.400. The molecule has 156 valence electrons. The summed E-state index contributed by atoms with van der Waals surface area (Å²) in [4.78, 5) is 8.76. The molecule has 0 aliphatic heterocycles. The van der Waals surface area contributed by atoms with Crippen molar-refractivity contribution < 1.29 is 29.6 Å². The van der Waals surface area contributed by atoms with Gasteiger partial charge in [0, 0.05) is 53.8 Å². The first-order valence-corrected chi connectivity index (χ1v) is 9.50. The second kappa shape index (κ2) is 18.5. The van der Waals surface area contributed by atoms with E-state index in [2.05, 4.69) is 59.7 Å². The summed E-state index contributed by atoms with van der Waals surface area (Å²) >= 11 is 0. The molecule has 0 bridgehead atoms. The number of nitrogens with zero attached hydrogens (tertiary/aromatic N) is 8. The van der Waals surface area contributed by atoms with Gasteiger partial charge in [-0.2, -0.15) is 0 Å². The van der Waals surface area contributed by atoms with Crippen LogP contribution < -0.4 is 45.1 Å². The van der Waals surface area contributed by atoms with Crippen molar-refractivity contribution in [3.05, 3.63) is 74.9 Å². The van der Waals surface area contributed by atoms with Crippen LogP contribution in [-0.2, 0) is 0 Å². The van der Waals surface area contributed by atoms with Crippen LogP contribution >= 0.6 is 0 Å². The Morgan fingerprint density at radius 2 is 1.07 bits per heavy atom. The first kappa shape index (κ1) is 29.7. The van der Waals surface area contributed by atoms with Crippen molar-refractivity contribution in [3.8, 4) is 0 Å². The molecule has 0 aliphatic carbocycles. The van der Waals surface area contributed by atoms with Crippen LogP contribution in [0.25, 0.3) is 26.4 Å². The molecule has 0 saturated carbocycles. The predicted octanol–water partition coefficient (Wildman–Crippen LogP) is 3.46. The quantitative estimate of drug-likeness (QED) is 0.241. The van der Waals surface area contributed by atoms with Crippen LogP contribution in [0.1, 0.15) is 27.7 Å². The van der Waals surface area contributed by atoms with E-state index in [0.717, 1.165) is 37.6 Å². The summed E-state index contributed by atoms with van der Waals surface area (Å²) in [5.74, 6) is 0. The van der Waals surface area contributed by atoms with Gasteiger partial charge < -0.3 is 26.6 Å². The smallest absolute Gasteiger partial charge is 0.399 e. The van der Waals surface area contributed by atoms with Gasteiger partial charge in [0.1, 0.15) is 0 Å². The van der Waals surface area contributed by atoms with Gasteiger partial charge in [-0.25, -0.2) is 0 Å². The molecule has 2 N–H and O–H groups in total. The van der Waals surface area contributed by atoms with Crippen molar-refractivity contribution in [2.45, 2.75) is 27.7 Å². The van der Waals surface area contributed by atoms with Crippen LogP contribution in [0.15, 0.2) is 53.6 Å². The first-order valence-electron chi connectivity index (χ1n) is 9.50. The minimum atomic E-state index is 0. The summed E-state index contributed by atoms with van der Waals surface area (Å²) < 4.78 is 0. The average Bonchev–Trinajstić information content (AvgIpc) is 2.74. The maximum Gasteiger partial charge on any atom is 1.00 e. The SMILES string of the molecule is CCN(CC)c1ccc(N)cc1.CCN(CC)c1ccc(N=[N+]=[N-])cc1.[N-]=[N+]=[N-].[Na+]. The zero-order valence-corrected chi connectivity index (χ0v) is 20.6. The Hall–Kier alpha value is -2.54. The maximum absolute atomic E-state index is 8.24. The van der Waals surface area contributed by atoms with Crippen LogP contribution in [0.3, 0.4) is 0 Å². The van der Waals surface area contributed by atoms with Crippen molar-refractivity contribution in [3.63, 3.8) is 0 Å². The van der Waals surface area contributed by atoms with Gasteiger partial charge in [0.05, 0.1) is 0 Å². The molecule has 0 spiro atoms. The molecule has 0 unspecified atom stereocenters. The molecule has 0 heterocycles. The van der Waals surface area contributed by atoms with E-state index >= 15 is 0 Å². The van der Waals surface area contributed by atoms with Crippen molar-refractivity contribution in [1.82, 2.24) is 0 Å². The summed E-state index contributed by atoms with van der Waals surface area (Å²) in [5, 5.41) is 3.52. The third kappa shape index (κ3) is 11.5. The molecule has 0 saturated heterocycles. The molecular formula is C20H30N9Na. The van der Waals surface area contributed by atoms with Crippen LogP contribution in [0, 0.1) is 0 Å². The molecule has 2 rings (SSSR count). The number of anilines is 3. The van der Waals surface area contributed by atoms with Crippen molar-refractivity contribution in [2.75, 3.05) is 41.7 Å². The Morgan fingerprint density at radius 1 is 0.733 bits per heavy atom. The number of hydrogen-bond donors (Lipinski definition) is 1. The van der Waals surface area contributed by atoms with Crippen LogP contribution in [0.5, 0.6) is 0 Å². The molecule has 0 amide bonds. The molecule has 0 fully saturated rings. The van der Waals surface area contributed by atoms with Gasteiger partial charge in [0.25, 0.3) is 0 Å². The van der Waals surface area contributed by atoms with Crippen LogP contribution in [0.2, 0.25) is 0 Å². The molecule has 0 radical (unpaired) electrons. The molecule has 30 heavy (non-hydrogen) atoms. The molecule has 0 aliphatic rings. The van der Waals surface area contributed by atoms with E-state index < -0.39 is 0 Å². The topological polar surface area (TPSA) is 140 Å². The second-order valence-corrected chi connectivity index (χ2v) is 5.73. The monoisotopic (exact) mass is 419 g/mol. The normalized spacial score (nSPS) is 8.53. The third-order valence-corrected chi connectivity index (χ3v) is 4.16. The Balaban J connectivity index is 0. The fourth-order valence-corrected chi connectivity index (χ4v) is 2.64. The maximum atomic E-state index is 8.24. The summed E-state index contributed by atoms with van der Waals surface area (Å²) in [5.41, 5.74) is 31.2. The molecular weight excluding hydrogens is 389 g/mol. The van der Waals surface area contributed by atoms with Crippen molar-refractivity contribution >= 4 is 22.7 Å². The first-order chi connectivity index (χ1) is 14.0. The third-order valence-electron chi connectivity index (χ3n) is 4.16. The summed E-state index contributed by atoms with van der Waals surface area (Å²) in [6.45, 7) is 12.6. The number of benzene rings is 2. The van der Waals surface area contributed by atoms with Gasteiger partial charge >= 0.3 is 29.6 Å². The van der Waals surface area contributed by atoms with Gasteiger partial charge in [0.15, 0.2) is 0 Å². The Labute approximate surface area is 201 Å². The van der Waals surface area contributed by atoms with E-state index in [0.29, 0.717) is 5.69 Å². The van der Waals surface area contributed by atoms with E-state index in [1.54, 1.807) is 0 Å². The van der Waals surface area contributed by atoms with Crippen LogP contribution in [0.4, 0.5) is 22.7 Å². The molecule has 0 aromatic heterocycles. The number of nitrogens with two attached hydrogens (primary N) is 1. The van der Waals surface area contributed by atoms with E-state index in [1.807, 2.05) is 36.4 Å². The fourth-order valence-electron chi connectivity index (χ4n) is 2.64. The second-order valence-electron chi connectivity index (χ2n) is 5.73. The van der Waals surface area contributed by atoms with Crippen molar-refractivity contribution in [1.29, 1.82) is 0 Å². The van der Waals surface area contributed by atoms with Gasteiger partial charge in [-0.05, 0) is 69.6 Å². The zero-order chi connectivity index (χ0) is 22.1. The number of rotatable bonds is 7. The zero-order valence-electron chi connectivity index (χ0n) is 18.6. The van der Waals surface area contributed by atoms with Gasteiger partial charge in [-0.3, -0.25) is 4.91 Å². The summed E-state index contributed by atoms with van der Waals surface area (Å²) in [6, 6.07) is 15.6. The van der Waals surface area contributed by atoms with E-state index in [4.69, 9.17) is 22.3 Å². The largest absolute Gasteiger partial charge is 1.00 e. The standard InChI is InChI=1S/C10H14N4.C10H16N2.N3.Na/c1-3-14(4-2)10-7-5-9(6-8-10)12-13-11;1-3-12(4-2)10-7-5-9(11)6-8-10;1-3-2;/h5-8H,3-4H2,1-2H3;5-8H,3-4,11H2,1-2H3;;/q;;-1;+1. The Morgan fingerprint density at radius 3 is 1.37 bits per heavy atom.